The zero-order valence-corrected chi connectivity index (χ0v) is 10.1. The SMILES string of the molecule is CCNCc1cnn(-c2ccc(F)cc2C)c1. The Morgan fingerprint density at radius 2 is 2.24 bits per heavy atom. The van der Waals surface area contributed by atoms with Crippen LogP contribution in [0, 0.1) is 12.7 Å². The lowest BCUT2D eigenvalue weighted by atomic mass is 10.2. The monoisotopic (exact) mass is 233 g/mol. The lowest BCUT2D eigenvalue weighted by Gasteiger charge is -2.05. The summed E-state index contributed by atoms with van der Waals surface area (Å²) < 4.78 is 14.8. The Hall–Kier alpha value is -1.68. The van der Waals surface area contributed by atoms with E-state index in [-0.39, 0.29) is 5.82 Å². The van der Waals surface area contributed by atoms with Crippen LogP contribution in [-0.2, 0) is 6.54 Å². The Bertz CT molecular complexity index is 505. The van der Waals surface area contributed by atoms with Crippen LogP contribution < -0.4 is 5.32 Å². The van der Waals surface area contributed by atoms with Crippen molar-refractivity contribution in [2.24, 2.45) is 0 Å². The van der Waals surface area contributed by atoms with Crippen LogP contribution in [0.15, 0.2) is 30.6 Å². The van der Waals surface area contributed by atoms with Gasteiger partial charge < -0.3 is 5.32 Å². The number of hydrogen-bond donors (Lipinski definition) is 1. The summed E-state index contributed by atoms with van der Waals surface area (Å²) in [7, 11) is 0. The number of rotatable bonds is 4. The highest BCUT2D eigenvalue weighted by Crippen LogP contribution is 2.15. The molecule has 90 valence electrons. The lowest BCUT2D eigenvalue weighted by Crippen LogP contribution is -2.10. The van der Waals surface area contributed by atoms with Gasteiger partial charge in [-0.2, -0.15) is 5.10 Å². The van der Waals surface area contributed by atoms with Gasteiger partial charge >= 0.3 is 0 Å². The molecule has 0 fully saturated rings. The molecule has 4 heteroatoms. The summed E-state index contributed by atoms with van der Waals surface area (Å²) in [5.74, 6) is -0.216. The summed E-state index contributed by atoms with van der Waals surface area (Å²) in [6.45, 7) is 5.68. The quantitative estimate of drug-likeness (QED) is 0.879. The second-order valence-electron chi connectivity index (χ2n) is 4.00. The summed E-state index contributed by atoms with van der Waals surface area (Å²) in [6, 6.07) is 4.71. The number of nitrogens with one attached hydrogen (secondary N) is 1. The van der Waals surface area contributed by atoms with E-state index in [0.29, 0.717) is 0 Å². The van der Waals surface area contributed by atoms with Crippen molar-refractivity contribution in [3.63, 3.8) is 0 Å². The van der Waals surface area contributed by atoms with Gasteiger partial charge in [-0.25, -0.2) is 9.07 Å². The van der Waals surface area contributed by atoms with Crippen LogP contribution in [-0.4, -0.2) is 16.3 Å². The van der Waals surface area contributed by atoms with Crippen molar-refractivity contribution in [1.82, 2.24) is 15.1 Å². The van der Waals surface area contributed by atoms with E-state index in [9.17, 15) is 4.39 Å². The fraction of sp³-hybridized carbons (Fsp3) is 0.308. The van der Waals surface area contributed by atoms with Gasteiger partial charge in [-0.3, -0.25) is 0 Å². The van der Waals surface area contributed by atoms with E-state index in [0.717, 1.165) is 29.9 Å². The van der Waals surface area contributed by atoms with Gasteiger partial charge in [-0.1, -0.05) is 6.92 Å². The van der Waals surface area contributed by atoms with Crippen LogP contribution in [0.3, 0.4) is 0 Å². The maximum absolute atomic E-state index is 13.0. The van der Waals surface area contributed by atoms with Crippen molar-refractivity contribution in [2.45, 2.75) is 20.4 Å². The first kappa shape index (κ1) is 11.8. The highest BCUT2D eigenvalue weighted by atomic mass is 19.1. The Balaban J connectivity index is 2.24. The van der Waals surface area contributed by atoms with Gasteiger partial charge in [0.1, 0.15) is 5.82 Å². The van der Waals surface area contributed by atoms with E-state index in [1.165, 1.54) is 12.1 Å². The average Bonchev–Trinajstić information content (AvgIpc) is 2.75. The fourth-order valence-electron chi connectivity index (χ4n) is 1.73. The number of halogens is 1. The molecule has 0 atom stereocenters. The predicted octanol–water partition coefficient (Wildman–Crippen LogP) is 2.43. The summed E-state index contributed by atoms with van der Waals surface area (Å²) in [5.41, 5.74) is 2.91. The van der Waals surface area contributed by atoms with Gasteiger partial charge in [0.05, 0.1) is 11.9 Å². The Morgan fingerprint density at radius 1 is 1.41 bits per heavy atom. The zero-order valence-electron chi connectivity index (χ0n) is 10.1. The third-order valence-electron chi connectivity index (χ3n) is 2.62. The molecule has 3 nitrogen and oxygen atoms in total. The Morgan fingerprint density at radius 3 is 2.94 bits per heavy atom. The highest BCUT2D eigenvalue weighted by molar-refractivity contribution is 5.40. The molecule has 17 heavy (non-hydrogen) atoms. The number of hydrogen-bond acceptors (Lipinski definition) is 2. The third kappa shape index (κ3) is 2.71. The van der Waals surface area contributed by atoms with Gasteiger partial charge in [0.15, 0.2) is 0 Å². The molecular weight excluding hydrogens is 217 g/mol. The van der Waals surface area contributed by atoms with Crippen molar-refractivity contribution in [1.29, 1.82) is 0 Å². The molecule has 0 bridgehead atoms. The van der Waals surface area contributed by atoms with E-state index in [1.54, 1.807) is 10.7 Å². The van der Waals surface area contributed by atoms with Crippen molar-refractivity contribution >= 4 is 0 Å². The first-order chi connectivity index (χ1) is 8.20. The van der Waals surface area contributed by atoms with Gasteiger partial charge in [-0.05, 0) is 37.2 Å². The summed E-state index contributed by atoms with van der Waals surface area (Å²) in [5, 5.41) is 7.52. The van der Waals surface area contributed by atoms with E-state index in [4.69, 9.17) is 0 Å². The first-order valence-electron chi connectivity index (χ1n) is 5.71. The second-order valence-corrected chi connectivity index (χ2v) is 4.00. The molecule has 1 heterocycles. The van der Waals surface area contributed by atoms with E-state index >= 15 is 0 Å². The first-order valence-corrected chi connectivity index (χ1v) is 5.71. The molecule has 0 aliphatic carbocycles. The molecule has 0 aliphatic heterocycles. The minimum atomic E-state index is -0.216. The smallest absolute Gasteiger partial charge is 0.123 e. The number of aromatic nitrogens is 2. The summed E-state index contributed by atoms with van der Waals surface area (Å²) >= 11 is 0. The maximum Gasteiger partial charge on any atom is 0.123 e. The van der Waals surface area contributed by atoms with Crippen LogP contribution in [0.5, 0.6) is 0 Å². The van der Waals surface area contributed by atoms with Crippen LogP contribution in [0.25, 0.3) is 5.69 Å². The molecule has 0 unspecified atom stereocenters. The molecule has 1 aromatic heterocycles. The van der Waals surface area contributed by atoms with E-state index in [2.05, 4.69) is 17.3 Å². The van der Waals surface area contributed by atoms with Crippen LogP contribution in [0.1, 0.15) is 18.1 Å². The van der Waals surface area contributed by atoms with Gasteiger partial charge in [0.2, 0.25) is 0 Å². The molecule has 2 aromatic rings. The molecule has 0 amide bonds. The molecular formula is C13H16FN3. The maximum atomic E-state index is 13.0. The van der Waals surface area contributed by atoms with E-state index in [1.807, 2.05) is 19.3 Å². The minimum absolute atomic E-state index is 0.216. The molecule has 0 spiro atoms. The second kappa shape index (κ2) is 5.10. The van der Waals surface area contributed by atoms with E-state index < -0.39 is 0 Å². The van der Waals surface area contributed by atoms with Gasteiger partial charge in [0, 0.05) is 18.3 Å². The normalized spacial score (nSPS) is 10.8. The molecule has 0 radical (unpaired) electrons. The van der Waals surface area contributed by atoms with Crippen LogP contribution in [0.2, 0.25) is 0 Å². The largest absolute Gasteiger partial charge is 0.313 e. The zero-order chi connectivity index (χ0) is 12.3. The van der Waals surface area contributed by atoms with Crippen LogP contribution >= 0.6 is 0 Å². The predicted molar refractivity (Wildman–Crippen MR) is 65.6 cm³/mol. The number of aryl methyl sites for hydroxylation is 1. The van der Waals surface area contributed by atoms with Crippen molar-refractivity contribution in [2.75, 3.05) is 6.54 Å². The molecule has 0 aliphatic rings. The average molecular weight is 233 g/mol. The Kier molecular flexibility index (Phi) is 3.54. The highest BCUT2D eigenvalue weighted by Gasteiger charge is 2.04. The number of nitrogens with zero attached hydrogens (tertiary/aromatic N) is 2. The summed E-state index contributed by atoms with van der Waals surface area (Å²) in [6.07, 6.45) is 3.79. The standard InChI is InChI=1S/C13H16FN3/c1-3-15-7-11-8-16-17(9-11)13-5-4-12(14)6-10(13)2/h4-6,8-9,15H,3,7H2,1-2H3. The molecule has 0 saturated carbocycles. The van der Waals surface area contributed by atoms with Crippen molar-refractivity contribution in [3.8, 4) is 5.69 Å². The minimum Gasteiger partial charge on any atom is -0.313 e. The number of benzene rings is 1. The molecule has 1 aromatic carbocycles. The van der Waals surface area contributed by atoms with Gasteiger partial charge in [0.25, 0.3) is 0 Å². The lowest BCUT2D eigenvalue weighted by molar-refractivity contribution is 0.625. The topological polar surface area (TPSA) is 29.9 Å². The van der Waals surface area contributed by atoms with Crippen molar-refractivity contribution < 1.29 is 4.39 Å². The molecule has 2 rings (SSSR count). The fourth-order valence-corrected chi connectivity index (χ4v) is 1.73. The molecule has 1 N–H and O–H groups in total. The molecule has 0 saturated heterocycles. The van der Waals surface area contributed by atoms with Gasteiger partial charge in [-0.15, -0.1) is 0 Å². The van der Waals surface area contributed by atoms with Crippen molar-refractivity contribution in [3.05, 3.63) is 47.5 Å². The van der Waals surface area contributed by atoms with Crippen LogP contribution in [0.4, 0.5) is 4.39 Å². The summed E-state index contributed by atoms with van der Waals surface area (Å²) in [4.78, 5) is 0. The third-order valence-corrected chi connectivity index (χ3v) is 2.62. The Labute approximate surface area is 100 Å².